The fraction of sp³-hybridized carbons (Fsp3) is 0.351. The molecule has 0 spiro atoms. The first-order valence-corrected chi connectivity index (χ1v) is 17.9. The van der Waals surface area contributed by atoms with E-state index < -0.39 is 78.3 Å². The van der Waals surface area contributed by atoms with Gasteiger partial charge >= 0.3 is 30.1 Å². The van der Waals surface area contributed by atoms with Crippen LogP contribution in [0.15, 0.2) is 84.4 Å². The molecule has 0 saturated carbocycles. The summed E-state index contributed by atoms with van der Waals surface area (Å²) in [5, 5.41) is 23.6. The van der Waals surface area contributed by atoms with Crippen LogP contribution in [0.5, 0.6) is 5.75 Å². The van der Waals surface area contributed by atoms with Gasteiger partial charge < -0.3 is 37.0 Å². The van der Waals surface area contributed by atoms with Gasteiger partial charge in [0.1, 0.15) is 42.5 Å². The van der Waals surface area contributed by atoms with Crippen LogP contribution in [0.25, 0.3) is 5.69 Å². The summed E-state index contributed by atoms with van der Waals surface area (Å²) in [6.07, 6.45) is -2.16. The molecule has 0 aliphatic rings. The molecule has 0 radical (unpaired) electrons. The van der Waals surface area contributed by atoms with Crippen LogP contribution in [0.3, 0.4) is 0 Å². The number of rotatable bonds is 17. The van der Waals surface area contributed by atoms with Gasteiger partial charge in [-0.3, -0.25) is 9.69 Å². The van der Waals surface area contributed by atoms with E-state index >= 15 is 4.39 Å². The number of nitrogens with one attached hydrogen (secondary N) is 1. The molecule has 5 aromatic rings. The van der Waals surface area contributed by atoms with E-state index in [9.17, 15) is 41.4 Å². The number of hydrogen-bond donors (Lipinski definition) is 2. The molecule has 0 aliphatic carbocycles. The quantitative estimate of drug-likeness (QED) is 0.0807. The second kappa shape index (κ2) is 21.0. The van der Waals surface area contributed by atoms with Gasteiger partial charge in [-0.2, -0.15) is 18.4 Å². The number of halogens is 9. The van der Waals surface area contributed by atoms with Crippen molar-refractivity contribution in [1.82, 2.24) is 29.4 Å². The van der Waals surface area contributed by atoms with Crippen molar-refractivity contribution in [2.24, 2.45) is 0 Å². The highest BCUT2D eigenvalue weighted by Crippen LogP contribution is 2.36. The van der Waals surface area contributed by atoms with Crippen molar-refractivity contribution in [1.29, 1.82) is 0 Å². The highest BCUT2D eigenvalue weighted by Gasteiger charge is 2.44. The summed E-state index contributed by atoms with van der Waals surface area (Å²) in [4.78, 5) is 40.0. The van der Waals surface area contributed by atoms with Gasteiger partial charge in [0.15, 0.2) is 6.61 Å². The Kier molecular flexibility index (Phi) is 17.2. The standard InChI is InChI=1S/C37H38ClF6N8O7.2ClH/c1-22(52-34(54)51(20-47-52)27-8-10-28(11-9-27)58-18-37(43,44)33(41)42)36(56,29-12-7-26(39)14-30(29)40)17-50-21-49(19-46-50)23(2)59-35(55)48(4)31-13-25(38)6-5-24(31)16-57-32(53)15-45-3;;/h5-14,19-23,33,45,56H,15-18H2,1-4H3;2*1H/q+1;;/p-1. The fourth-order valence-electron chi connectivity index (χ4n) is 5.75. The van der Waals surface area contributed by atoms with Crippen molar-refractivity contribution >= 4 is 41.8 Å². The first-order chi connectivity index (χ1) is 27.8. The number of amides is 1. The van der Waals surface area contributed by atoms with Crippen molar-refractivity contribution in [2.45, 2.75) is 57.2 Å². The Labute approximate surface area is 361 Å². The van der Waals surface area contributed by atoms with Crippen molar-refractivity contribution in [3.8, 4) is 11.4 Å². The van der Waals surface area contributed by atoms with Crippen LogP contribution in [0.2, 0.25) is 5.02 Å². The second-order valence-electron chi connectivity index (χ2n) is 13.2. The zero-order valence-corrected chi connectivity index (χ0v) is 34.9. The molecular formula is C37H39Cl3F6N8O7. The van der Waals surface area contributed by atoms with Gasteiger partial charge in [0.05, 0.1) is 24.0 Å². The average Bonchev–Trinajstić information content (AvgIpc) is 3.82. The van der Waals surface area contributed by atoms with Crippen LogP contribution < -0.4 is 37.6 Å². The molecular weight excluding hydrogens is 889 g/mol. The fourth-order valence-corrected chi connectivity index (χ4v) is 5.92. The van der Waals surface area contributed by atoms with Gasteiger partial charge in [-0.05, 0) is 56.4 Å². The van der Waals surface area contributed by atoms with E-state index in [2.05, 4.69) is 15.5 Å². The maximum Gasteiger partial charge on any atom is 0.416 e. The lowest BCUT2D eigenvalue weighted by Gasteiger charge is -2.32. The first kappa shape index (κ1) is 50.0. The van der Waals surface area contributed by atoms with E-state index in [0.29, 0.717) is 22.3 Å². The van der Waals surface area contributed by atoms with E-state index in [1.165, 1.54) is 61.0 Å². The summed E-state index contributed by atoms with van der Waals surface area (Å²) in [6.45, 7) is 0.530. The monoisotopic (exact) mass is 926 g/mol. The van der Waals surface area contributed by atoms with E-state index in [1.807, 2.05) is 0 Å². The lowest BCUT2D eigenvalue weighted by atomic mass is 9.86. The summed E-state index contributed by atoms with van der Waals surface area (Å²) < 4.78 is 101. The van der Waals surface area contributed by atoms with Gasteiger partial charge in [0.2, 0.25) is 12.6 Å². The van der Waals surface area contributed by atoms with Gasteiger partial charge in [0, 0.05) is 41.3 Å². The highest BCUT2D eigenvalue weighted by molar-refractivity contribution is 6.31. The minimum Gasteiger partial charge on any atom is -1.00 e. The largest absolute Gasteiger partial charge is 1.00 e. The van der Waals surface area contributed by atoms with Gasteiger partial charge in [-0.25, -0.2) is 36.4 Å². The minimum atomic E-state index is -4.39. The van der Waals surface area contributed by atoms with E-state index in [-0.39, 0.29) is 49.4 Å². The van der Waals surface area contributed by atoms with E-state index in [4.69, 9.17) is 25.8 Å². The number of aliphatic hydroxyl groups is 1. The van der Waals surface area contributed by atoms with Crippen LogP contribution >= 0.6 is 24.0 Å². The molecule has 2 heterocycles. The molecule has 15 nitrogen and oxygen atoms in total. The average molecular weight is 928 g/mol. The van der Waals surface area contributed by atoms with Gasteiger partial charge in [0.25, 0.3) is 6.33 Å². The molecule has 2 N–H and O–H groups in total. The summed E-state index contributed by atoms with van der Waals surface area (Å²) in [5.74, 6) is -7.19. The maximum atomic E-state index is 15.4. The Morgan fingerprint density at radius 2 is 1.74 bits per heavy atom. The van der Waals surface area contributed by atoms with Crippen LogP contribution in [0.4, 0.5) is 36.8 Å². The number of carbonyl (C=O) groups excluding carboxylic acids is 2. The lowest BCUT2D eigenvalue weighted by molar-refractivity contribution is -0.753. The van der Waals surface area contributed by atoms with Crippen LogP contribution in [-0.2, 0) is 33.0 Å². The molecule has 0 saturated heterocycles. The molecule has 2 aromatic heterocycles. The predicted octanol–water partition coefficient (Wildman–Crippen LogP) is 2.36. The SMILES string of the molecule is CNCC(=O)OCc1ccc(Cl)cc1N(C)C(=O)OC(C)[n+]1cnn(CC(O)(c2ccc(F)cc2F)C(C)n2ncn(-c3ccc(OCC(F)(F)C(F)F)cc3)c2=O)c1.Cl.[Cl-]. The maximum absolute atomic E-state index is 15.4. The zero-order chi connectivity index (χ0) is 43.2. The molecule has 0 bridgehead atoms. The van der Waals surface area contributed by atoms with E-state index in [0.717, 1.165) is 44.7 Å². The van der Waals surface area contributed by atoms with Gasteiger partial charge in [-0.15, -0.1) is 17.1 Å². The Balaban J connectivity index is 0.00000496. The molecule has 0 aliphatic heterocycles. The molecule has 61 heavy (non-hydrogen) atoms. The normalized spacial score (nSPS) is 13.3. The number of esters is 1. The number of aromatic nitrogens is 6. The molecule has 3 atom stereocenters. The van der Waals surface area contributed by atoms with Gasteiger partial charge in [-0.1, -0.05) is 23.7 Å². The Morgan fingerprint density at radius 3 is 2.38 bits per heavy atom. The third-order valence-electron chi connectivity index (χ3n) is 9.10. The topological polar surface area (TPSA) is 159 Å². The second-order valence-corrected chi connectivity index (χ2v) is 13.6. The minimum absolute atomic E-state index is 0. The third-order valence-corrected chi connectivity index (χ3v) is 9.34. The summed E-state index contributed by atoms with van der Waals surface area (Å²) >= 11 is 6.19. The van der Waals surface area contributed by atoms with Crippen molar-refractivity contribution < 1.29 is 72.2 Å². The lowest BCUT2D eigenvalue weighted by Crippen LogP contribution is -3.00. The Hall–Kier alpha value is -5.35. The van der Waals surface area contributed by atoms with Crippen LogP contribution in [0.1, 0.15) is 37.2 Å². The number of alkyl halides is 4. The molecule has 5 rings (SSSR count). The highest BCUT2D eigenvalue weighted by atomic mass is 35.5. The Morgan fingerprint density at radius 1 is 1.05 bits per heavy atom. The number of benzene rings is 3. The smallest absolute Gasteiger partial charge is 0.416 e. The molecule has 0 fully saturated rings. The summed E-state index contributed by atoms with van der Waals surface area (Å²) in [5.41, 5.74) is -2.74. The molecule has 3 unspecified atom stereocenters. The first-order valence-electron chi connectivity index (χ1n) is 17.5. The Bertz CT molecular complexity index is 2340. The number of likely N-dealkylation sites (N-methyl/N-ethyl adjacent to an activating group) is 1. The van der Waals surface area contributed by atoms with Crippen molar-refractivity contribution in [3.05, 3.63) is 118 Å². The molecule has 24 heteroatoms. The molecule has 1 amide bonds. The van der Waals surface area contributed by atoms with E-state index in [1.54, 1.807) is 19.2 Å². The number of hydrogen-bond acceptors (Lipinski definition) is 10. The molecule has 3 aromatic carbocycles. The van der Waals surface area contributed by atoms with Crippen molar-refractivity contribution in [2.75, 3.05) is 32.1 Å². The predicted molar refractivity (Wildman–Crippen MR) is 204 cm³/mol. The summed E-state index contributed by atoms with van der Waals surface area (Å²) in [7, 11) is 3.00. The number of nitrogens with zero attached hydrogens (tertiary/aromatic N) is 7. The van der Waals surface area contributed by atoms with Crippen LogP contribution in [0, 0.1) is 11.6 Å². The number of anilines is 1. The van der Waals surface area contributed by atoms with Crippen molar-refractivity contribution in [3.63, 3.8) is 0 Å². The third kappa shape index (κ3) is 11.7. The zero-order valence-electron chi connectivity index (χ0n) is 32.5. The summed E-state index contributed by atoms with van der Waals surface area (Å²) in [6, 6.07) is 10.6. The van der Waals surface area contributed by atoms with Crippen LogP contribution in [-0.4, -0.2) is 80.9 Å². The number of ether oxygens (including phenoxy) is 3. The molecule has 332 valence electrons. The number of carbonyl (C=O) groups is 2.